The van der Waals surface area contributed by atoms with Gasteiger partial charge in [-0.3, -0.25) is 18.9 Å². The second-order valence-corrected chi connectivity index (χ2v) is 7.92. The molecule has 0 radical (unpaired) electrons. The van der Waals surface area contributed by atoms with Gasteiger partial charge in [-0.1, -0.05) is 0 Å². The minimum Gasteiger partial charge on any atom is -0.388 e. The summed E-state index contributed by atoms with van der Waals surface area (Å²) in [6.45, 7) is 3.90. The van der Waals surface area contributed by atoms with Crippen molar-refractivity contribution >= 4 is 7.60 Å². The lowest BCUT2D eigenvalue weighted by molar-refractivity contribution is -0.0543. The highest BCUT2D eigenvalue weighted by Gasteiger charge is 2.46. The number of nitrogens with one attached hydrogen (secondary N) is 1. The summed E-state index contributed by atoms with van der Waals surface area (Å²) >= 11 is 0. The molecule has 0 aliphatic carbocycles. The van der Waals surface area contributed by atoms with E-state index in [0.717, 1.165) is 4.57 Å². The quantitative estimate of drug-likeness (QED) is 0.580. The molecule has 11 heteroatoms. The van der Waals surface area contributed by atoms with E-state index in [0.29, 0.717) is 0 Å². The zero-order valence-electron chi connectivity index (χ0n) is 15.0. The topological polar surface area (TPSA) is 129 Å². The Hall–Kier alpha value is -1.29. The largest absolute Gasteiger partial charge is 0.388 e. The summed E-state index contributed by atoms with van der Waals surface area (Å²) in [7, 11) is -1.90. The first-order valence-corrected chi connectivity index (χ1v) is 10.1. The molecule has 0 amide bonds. The minimum absolute atomic E-state index is 0.0556. The third kappa shape index (κ3) is 4.70. The Bertz CT molecular complexity index is 738. The molecule has 1 aromatic rings. The van der Waals surface area contributed by atoms with Gasteiger partial charge in [0, 0.05) is 19.4 Å². The maximum atomic E-state index is 12.6. The van der Waals surface area contributed by atoms with Crippen molar-refractivity contribution in [2.24, 2.45) is 0 Å². The van der Waals surface area contributed by atoms with E-state index in [2.05, 4.69) is 4.98 Å². The zero-order chi connectivity index (χ0) is 19.3. The second-order valence-electron chi connectivity index (χ2n) is 5.73. The minimum atomic E-state index is -3.28. The molecule has 2 N–H and O–H groups in total. The van der Waals surface area contributed by atoms with Crippen molar-refractivity contribution in [3.05, 3.63) is 33.1 Å². The molecule has 1 aliphatic heterocycles. The molecule has 1 aliphatic rings. The maximum Gasteiger partial charge on any atom is 0.330 e. The van der Waals surface area contributed by atoms with Gasteiger partial charge in [-0.05, 0) is 20.3 Å². The molecule has 2 heterocycles. The fourth-order valence-electron chi connectivity index (χ4n) is 2.91. The Labute approximate surface area is 150 Å². The van der Waals surface area contributed by atoms with E-state index < -0.39 is 43.4 Å². The maximum absolute atomic E-state index is 12.6. The van der Waals surface area contributed by atoms with Crippen LogP contribution in [0.1, 0.15) is 26.5 Å². The van der Waals surface area contributed by atoms with E-state index in [1.807, 2.05) is 0 Å². The molecule has 1 aromatic heterocycles. The molecular formula is C15H25N2O8P. The lowest BCUT2D eigenvalue weighted by atomic mass is 10.1. The third-order valence-electron chi connectivity index (χ3n) is 4.05. The average molecular weight is 392 g/mol. The molecule has 2 rings (SSSR count). The van der Waals surface area contributed by atoms with E-state index >= 15 is 0 Å². The van der Waals surface area contributed by atoms with Crippen LogP contribution >= 0.6 is 7.60 Å². The van der Waals surface area contributed by atoms with Gasteiger partial charge in [-0.2, -0.15) is 0 Å². The number of hydrogen-bond donors (Lipinski definition) is 2. The van der Waals surface area contributed by atoms with Gasteiger partial charge in [0.25, 0.3) is 5.56 Å². The van der Waals surface area contributed by atoms with Crippen LogP contribution in [-0.2, 0) is 23.1 Å². The molecule has 0 bridgehead atoms. The highest BCUT2D eigenvalue weighted by Crippen LogP contribution is 2.49. The van der Waals surface area contributed by atoms with Crippen LogP contribution in [0.3, 0.4) is 0 Å². The number of H-pyrrole nitrogens is 1. The predicted octanol–water partition coefficient (Wildman–Crippen LogP) is 0.466. The van der Waals surface area contributed by atoms with E-state index in [-0.39, 0.29) is 25.8 Å². The number of aliphatic hydroxyl groups excluding tert-OH is 1. The lowest BCUT2D eigenvalue weighted by Gasteiger charge is -2.20. The van der Waals surface area contributed by atoms with Crippen molar-refractivity contribution in [1.29, 1.82) is 0 Å². The van der Waals surface area contributed by atoms with Crippen molar-refractivity contribution in [2.45, 2.75) is 44.8 Å². The number of aromatic amines is 1. The normalized spacial score (nSPS) is 26.3. The summed E-state index contributed by atoms with van der Waals surface area (Å²) in [6, 6.07) is 1.18. The van der Waals surface area contributed by atoms with Crippen LogP contribution in [0.5, 0.6) is 0 Å². The summed E-state index contributed by atoms with van der Waals surface area (Å²) in [6.07, 6.45) is -2.03. The highest BCUT2D eigenvalue weighted by molar-refractivity contribution is 7.53. The smallest absolute Gasteiger partial charge is 0.330 e. The molecule has 10 nitrogen and oxygen atoms in total. The summed E-state index contributed by atoms with van der Waals surface area (Å²) < 4.78 is 35.2. The van der Waals surface area contributed by atoms with Gasteiger partial charge >= 0.3 is 13.3 Å². The molecule has 4 atom stereocenters. The Kier molecular flexibility index (Phi) is 7.33. The van der Waals surface area contributed by atoms with E-state index in [4.69, 9.17) is 18.5 Å². The van der Waals surface area contributed by atoms with E-state index in [1.54, 1.807) is 13.8 Å². The van der Waals surface area contributed by atoms with Gasteiger partial charge in [0.05, 0.1) is 25.5 Å². The van der Waals surface area contributed by atoms with Crippen LogP contribution in [0, 0.1) is 0 Å². The number of aromatic nitrogens is 2. The van der Waals surface area contributed by atoms with E-state index in [9.17, 15) is 19.3 Å². The first-order chi connectivity index (χ1) is 12.3. The summed E-state index contributed by atoms with van der Waals surface area (Å²) in [5.41, 5.74) is -1.21. The number of aliphatic hydroxyl groups is 1. The molecule has 1 fully saturated rings. The average Bonchev–Trinajstić information content (AvgIpc) is 2.89. The van der Waals surface area contributed by atoms with Gasteiger partial charge < -0.3 is 23.6 Å². The molecular weight excluding hydrogens is 367 g/mol. The van der Waals surface area contributed by atoms with Gasteiger partial charge in [-0.25, -0.2) is 4.79 Å². The van der Waals surface area contributed by atoms with Crippen LogP contribution in [0.4, 0.5) is 0 Å². The predicted molar refractivity (Wildman–Crippen MR) is 92.4 cm³/mol. The SMILES string of the molecule is CCOP(=O)(CC[C@H]1O[C@@H](n2ccc(=O)[nH]c2=O)[C@H](OC)[C@@H]1O)OCC. The summed E-state index contributed by atoms with van der Waals surface area (Å²) in [4.78, 5) is 25.3. The van der Waals surface area contributed by atoms with Gasteiger partial charge in [0.1, 0.15) is 12.2 Å². The fraction of sp³-hybridized carbons (Fsp3) is 0.733. The molecule has 1 saturated heterocycles. The van der Waals surface area contributed by atoms with E-state index in [1.165, 1.54) is 19.4 Å². The lowest BCUT2D eigenvalue weighted by Crippen LogP contribution is -2.38. The van der Waals surface area contributed by atoms with Crippen LogP contribution < -0.4 is 11.2 Å². The molecule has 0 unspecified atom stereocenters. The first-order valence-electron chi connectivity index (χ1n) is 8.41. The molecule has 148 valence electrons. The number of hydrogen-bond acceptors (Lipinski definition) is 8. The zero-order valence-corrected chi connectivity index (χ0v) is 15.9. The van der Waals surface area contributed by atoms with Gasteiger partial charge in [0.2, 0.25) is 0 Å². The molecule has 0 aromatic carbocycles. The molecule has 0 spiro atoms. The first kappa shape index (κ1) is 21.0. The molecule has 26 heavy (non-hydrogen) atoms. The molecule has 0 saturated carbocycles. The van der Waals surface area contributed by atoms with Crippen molar-refractivity contribution in [2.75, 3.05) is 26.5 Å². The second kappa shape index (κ2) is 9.07. The third-order valence-corrected chi connectivity index (χ3v) is 6.16. The van der Waals surface area contributed by atoms with Crippen LogP contribution in [0.2, 0.25) is 0 Å². The Balaban J connectivity index is 2.15. The van der Waals surface area contributed by atoms with Crippen LogP contribution in [-0.4, -0.2) is 59.5 Å². The Morgan fingerprint density at radius 3 is 2.50 bits per heavy atom. The Morgan fingerprint density at radius 2 is 1.96 bits per heavy atom. The standard InChI is InChI=1S/C15H25N2O8P/c1-4-23-26(21,24-5-2)9-7-10-12(19)13(22-3)14(25-10)17-8-6-11(18)16-15(17)20/h6,8,10,12-14,19H,4-5,7,9H2,1-3H3,(H,16,18,20)/t10-,12-,13-,14-/m1/s1. The number of methoxy groups -OCH3 is 1. The summed E-state index contributed by atoms with van der Waals surface area (Å²) in [5, 5.41) is 10.5. The van der Waals surface area contributed by atoms with Crippen LogP contribution in [0.25, 0.3) is 0 Å². The van der Waals surface area contributed by atoms with Crippen molar-refractivity contribution in [1.82, 2.24) is 9.55 Å². The summed E-state index contributed by atoms with van der Waals surface area (Å²) in [5.74, 6) is 0. The van der Waals surface area contributed by atoms with Gasteiger partial charge in [-0.15, -0.1) is 0 Å². The van der Waals surface area contributed by atoms with Crippen molar-refractivity contribution in [3.8, 4) is 0 Å². The van der Waals surface area contributed by atoms with Crippen LogP contribution in [0.15, 0.2) is 21.9 Å². The number of ether oxygens (including phenoxy) is 2. The highest BCUT2D eigenvalue weighted by atomic mass is 31.2. The number of rotatable bonds is 9. The Morgan fingerprint density at radius 1 is 1.31 bits per heavy atom. The monoisotopic (exact) mass is 392 g/mol. The van der Waals surface area contributed by atoms with Crippen molar-refractivity contribution < 1.29 is 28.2 Å². The van der Waals surface area contributed by atoms with Crippen molar-refractivity contribution in [3.63, 3.8) is 0 Å². The van der Waals surface area contributed by atoms with Gasteiger partial charge in [0.15, 0.2) is 6.23 Å². The fourth-order valence-corrected chi connectivity index (χ4v) is 4.60. The number of nitrogens with zero attached hydrogens (tertiary/aromatic N) is 1.